The number of carbonyl (C=O) groups excluding carboxylic acids is 2. The SMILES string of the molecule is CCCC[C@H](CC(=O)NC(C)CC(=O)O)NC(=O)OCC1c2ccccc2-c2ccccc21. The van der Waals surface area contributed by atoms with Gasteiger partial charge >= 0.3 is 12.1 Å². The monoisotopic (exact) mass is 452 g/mol. The molecule has 0 bridgehead atoms. The molecule has 3 N–H and O–H groups in total. The van der Waals surface area contributed by atoms with Crippen LogP contribution in [0.25, 0.3) is 11.1 Å². The van der Waals surface area contributed by atoms with Crippen LogP contribution in [-0.4, -0.2) is 41.8 Å². The maximum atomic E-state index is 12.6. The minimum Gasteiger partial charge on any atom is -0.481 e. The molecule has 0 spiro atoms. The van der Waals surface area contributed by atoms with Gasteiger partial charge in [-0.05, 0) is 35.6 Å². The second kappa shape index (κ2) is 11.5. The summed E-state index contributed by atoms with van der Waals surface area (Å²) in [4.78, 5) is 35.7. The molecule has 0 aliphatic heterocycles. The van der Waals surface area contributed by atoms with E-state index in [9.17, 15) is 14.4 Å². The van der Waals surface area contributed by atoms with Gasteiger partial charge < -0.3 is 20.5 Å². The van der Waals surface area contributed by atoms with Gasteiger partial charge in [-0.25, -0.2) is 4.79 Å². The van der Waals surface area contributed by atoms with Crippen molar-refractivity contribution >= 4 is 18.0 Å². The highest BCUT2D eigenvalue weighted by Gasteiger charge is 2.29. The number of ether oxygens (including phenoxy) is 1. The van der Waals surface area contributed by atoms with E-state index in [2.05, 4.69) is 34.9 Å². The van der Waals surface area contributed by atoms with Gasteiger partial charge in [0.2, 0.25) is 5.91 Å². The Labute approximate surface area is 194 Å². The Morgan fingerprint density at radius 2 is 1.58 bits per heavy atom. The molecule has 3 rings (SSSR count). The lowest BCUT2D eigenvalue weighted by atomic mass is 9.98. The second-order valence-electron chi connectivity index (χ2n) is 8.58. The van der Waals surface area contributed by atoms with E-state index in [4.69, 9.17) is 9.84 Å². The number of nitrogens with one attached hydrogen (secondary N) is 2. The molecule has 7 heteroatoms. The van der Waals surface area contributed by atoms with E-state index in [1.54, 1.807) is 6.92 Å². The van der Waals surface area contributed by atoms with E-state index in [1.165, 1.54) is 0 Å². The summed E-state index contributed by atoms with van der Waals surface area (Å²) in [6.07, 6.45) is 1.80. The fraction of sp³-hybridized carbons (Fsp3) is 0.423. The number of hydrogen-bond acceptors (Lipinski definition) is 4. The average molecular weight is 453 g/mol. The van der Waals surface area contributed by atoms with Crippen LogP contribution in [0.15, 0.2) is 48.5 Å². The van der Waals surface area contributed by atoms with Gasteiger partial charge in [-0.3, -0.25) is 9.59 Å². The smallest absolute Gasteiger partial charge is 0.407 e. The summed E-state index contributed by atoms with van der Waals surface area (Å²) in [6.45, 7) is 3.90. The molecule has 2 aromatic rings. The first-order valence-electron chi connectivity index (χ1n) is 11.5. The fourth-order valence-electron chi connectivity index (χ4n) is 4.35. The molecule has 0 aromatic heterocycles. The number of amides is 2. The Kier molecular flexibility index (Phi) is 8.46. The molecule has 2 aromatic carbocycles. The summed E-state index contributed by atoms with van der Waals surface area (Å²) in [5.41, 5.74) is 4.60. The van der Waals surface area contributed by atoms with Crippen molar-refractivity contribution in [2.24, 2.45) is 0 Å². The Morgan fingerprint density at radius 1 is 0.970 bits per heavy atom. The van der Waals surface area contributed by atoms with Crippen LogP contribution in [-0.2, 0) is 14.3 Å². The Hall–Kier alpha value is -3.35. The zero-order valence-corrected chi connectivity index (χ0v) is 19.2. The van der Waals surface area contributed by atoms with E-state index in [0.29, 0.717) is 6.42 Å². The standard InChI is InChI=1S/C26H32N2O5/c1-3-4-9-18(15-24(29)27-17(2)14-25(30)31)28-26(32)33-16-23-21-12-7-5-10-19(21)20-11-6-8-13-22(20)23/h5-8,10-13,17-18,23H,3-4,9,14-16H2,1-2H3,(H,27,29)(H,28,32)(H,30,31)/t17?,18-/m1/s1. The van der Waals surface area contributed by atoms with Crippen molar-refractivity contribution in [3.05, 3.63) is 59.7 Å². The Morgan fingerprint density at radius 3 is 2.15 bits per heavy atom. The minimum absolute atomic E-state index is 0.0302. The van der Waals surface area contributed by atoms with E-state index in [0.717, 1.165) is 35.1 Å². The van der Waals surface area contributed by atoms with Crippen molar-refractivity contribution in [3.8, 4) is 11.1 Å². The molecule has 0 radical (unpaired) electrons. The summed E-state index contributed by atoms with van der Waals surface area (Å²) < 4.78 is 5.61. The maximum absolute atomic E-state index is 12.6. The predicted molar refractivity (Wildman–Crippen MR) is 126 cm³/mol. The van der Waals surface area contributed by atoms with E-state index >= 15 is 0 Å². The molecule has 0 saturated carbocycles. The first kappa shape index (κ1) is 24.3. The molecule has 1 unspecified atom stereocenters. The number of benzene rings is 2. The summed E-state index contributed by atoms with van der Waals surface area (Å²) >= 11 is 0. The van der Waals surface area contributed by atoms with Crippen molar-refractivity contribution in [1.29, 1.82) is 0 Å². The van der Waals surface area contributed by atoms with Crippen molar-refractivity contribution in [3.63, 3.8) is 0 Å². The van der Waals surface area contributed by atoms with Crippen LogP contribution in [0.2, 0.25) is 0 Å². The van der Waals surface area contributed by atoms with Gasteiger partial charge in [0.05, 0.1) is 6.42 Å². The molecule has 0 fully saturated rings. The van der Waals surface area contributed by atoms with Crippen LogP contribution in [0, 0.1) is 0 Å². The highest BCUT2D eigenvalue weighted by atomic mass is 16.5. The molecule has 2 amide bonds. The van der Waals surface area contributed by atoms with E-state index < -0.39 is 18.1 Å². The molecular formula is C26H32N2O5. The lowest BCUT2D eigenvalue weighted by Gasteiger charge is -2.20. The van der Waals surface area contributed by atoms with Gasteiger partial charge in [0.25, 0.3) is 0 Å². The minimum atomic E-state index is -0.970. The number of alkyl carbamates (subject to hydrolysis) is 1. The summed E-state index contributed by atoms with van der Waals surface area (Å²) in [5, 5.41) is 14.4. The van der Waals surface area contributed by atoms with Crippen LogP contribution in [0.3, 0.4) is 0 Å². The van der Waals surface area contributed by atoms with Crippen LogP contribution < -0.4 is 10.6 Å². The second-order valence-corrected chi connectivity index (χ2v) is 8.58. The lowest BCUT2D eigenvalue weighted by molar-refractivity contribution is -0.137. The molecule has 33 heavy (non-hydrogen) atoms. The predicted octanol–water partition coefficient (Wildman–Crippen LogP) is 4.45. The molecule has 7 nitrogen and oxygen atoms in total. The third-order valence-corrected chi connectivity index (χ3v) is 5.89. The third-order valence-electron chi connectivity index (χ3n) is 5.89. The molecule has 2 atom stereocenters. The maximum Gasteiger partial charge on any atom is 0.407 e. The number of unbranched alkanes of at least 4 members (excludes halogenated alkanes) is 1. The van der Waals surface area contributed by atoms with E-state index in [-0.39, 0.29) is 37.3 Å². The highest BCUT2D eigenvalue weighted by Crippen LogP contribution is 2.44. The average Bonchev–Trinajstić information content (AvgIpc) is 3.09. The molecule has 0 heterocycles. The van der Waals surface area contributed by atoms with Crippen molar-refractivity contribution < 1.29 is 24.2 Å². The molecule has 1 aliphatic carbocycles. The number of rotatable bonds is 11. The summed E-state index contributed by atoms with van der Waals surface area (Å²) in [7, 11) is 0. The molecular weight excluding hydrogens is 420 g/mol. The molecule has 0 saturated heterocycles. The number of carboxylic acid groups (broad SMARTS) is 1. The van der Waals surface area contributed by atoms with Gasteiger partial charge in [-0.15, -0.1) is 0 Å². The Balaban J connectivity index is 1.58. The quantitative estimate of drug-likeness (QED) is 0.467. The lowest BCUT2D eigenvalue weighted by Crippen LogP contribution is -2.42. The summed E-state index contributed by atoms with van der Waals surface area (Å²) in [5.74, 6) is -1.29. The van der Waals surface area contributed by atoms with Crippen molar-refractivity contribution in [2.75, 3.05) is 6.61 Å². The van der Waals surface area contributed by atoms with Gasteiger partial charge in [0, 0.05) is 24.4 Å². The molecule has 176 valence electrons. The zero-order chi connectivity index (χ0) is 23.8. The van der Waals surface area contributed by atoms with Gasteiger partial charge in [0.15, 0.2) is 0 Å². The summed E-state index contributed by atoms with van der Waals surface area (Å²) in [6, 6.07) is 15.4. The van der Waals surface area contributed by atoms with Crippen LogP contribution >= 0.6 is 0 Å². The van der Waals surface area contributed by atoms with Crippen molar-refractivity contribution in [2.45, 2.75) is 64.0 Å². The normalized spacial score (nSPS) is 14.0. The van der Waals surface area contributed by atoms with Crippen LogP contribution in [0.4, 0.5) is 4.79 Å². The van der Waals surface area contributed by atoms with Gasteiger partial charge in [-0.1, -0.05) is 68.3 Å². The zero-order valence-electron chi connectivity index (χ0n) is 19.2. The van der Waals surface area contributed by atoms with Crippen LogP contribution in [0.5, 0.6) is 0 Å². The van der Waals surface area contributed by atoms with Crippen LogP contribution in [0.1, 0.15) is 63.0 Å². The largest absolute Gasteiger partial charge is 0.481 e. The highest BCUT2D eigenvalue weighted by molar-refractivity contribution is 5.80. The number of aliphatic carboxylic acids is 1. The first-order chi connectivity index (χ1) is 15.9. The fourth-order valence-corrected chi connectivity index (χ4v) is 4.35. The van der Waals surface area contributed by atoms with E-state index in [1.807, 2.05) is 31.2 Å². The third kappa shape index (κ3) is 6.57. The number of carboxylic acids is 1. The molecule has 1 aliphatic rings. The number of hydrogen-bond donors (Lipinski definition) is 3. The van der Waals surface area contributed by atoms with Gasteiger partial charge in [0.1, 0.15) is 6.61 Å². The topological polar surface area (TPSA) is 105 Å². The number of fused-ring (bicyclic) bond motifs is 3. The van der Waals surface area contributed by atoms with Crippen molar-refractivity contribution in [1.82, 2.24) is 10.6 Å². The first-order valence-corrected chi connectivity index (χ1v) is 11.5. The number of carbonyl (C=O) groups is 3. The Bertz CT molecular complexity index is 945. The van der Waals surface area contributed by atoms with Gasteiger partial charge in [-0.2, -0.15) is 0 Å².